The van der Waals surface area contributed by atoms with Gasteiger partial charge < -0.3 is 4.42 Å². The average Bonchev–Trinajstić information content (AvgIpc) is 3.20. The van der Waals surface area contributed by atoms with Gasteiger partial charge in [-0.2, -0.15) is 0 Å². The van der Waals surface area contributed by atoms with Gasteiger partial charge in [0.15, 0.2) is 11.5 Å². The molecule has 3 rings (SSSR count). The normalized spacial score (nSPS) is 20.3. The molecule has 2 aromatic rings. The molecular formula is C20H28FNO. The largest absolute Gasteiger partial charge is 0.440 e. The van der Waals surface area contributed by atoms with Crippen LogP contribution in [0.4, 0.5) is 4.39 Å². The topological polar surface area (TPSA) is 26.0 Å². The van der Waals surface area contributed by atoms with Crippen molar-refractivity contribution >= 4 is 11.1 Å². The van der Waals surface area contributed by atoms with E-state index in [-0.39, 0.29) is 5.82 Å². The van der Waals surface area contributed by atoms with Crippen molar-refractivity contribution in [2.45, 2.75) is 77.0 Å². The van der Waals surface area contributed by atoms with Crippen molar-refractivity contribution in [3.05, 3.63) is 29.9 Å². The number of benzene rings is 1. The Bertz CT molecular complexity index is 621. The van der Waals surface area contributed by atoms with Crippen LogP contribution in [0.15, 0.2) is 22.6 Å². The number of nitrogens with zero attached hydrogens (tertiary/aromatic N) is 1. The second kappa shape index (κ2) is 7.94. The number of fused-ring (bicyclic) bond motifs is 1. The van der Waals surface area contributed by atoms with Gasteiger partial charge in [-0.05, 0) is 30.9 Å². The van der Waals surface area contributed by atoms with E-state index in [1.165, 1.54) is 76.3 Å². The third-order valence-electron chi connectivity index (χ3n) is 5.03. The first-order valence-corrected chi connectivity index (χ1v) is 9.34. The molecule has 2 nitrogen and oxygen atoms in total. The summed E-state index contributed by atoms with van der Waals surface area (Å²) in [6.45, 7) is 2.26. The summed E-state index contributed by atoms with van der Waals surface area (Å²) in [5.41, 5.74) is 1.36. The van der Waals surface area contributed by atoms with Gasteiger partial charge in [-0.15, -0.1) is 0 Å². The van der Waals surface area contributed by atoms with Crippen LogP contribution in [-0.4, -0.2) is 4.98 Å². The summed E-state index contributed by atoms with van der Waals surface area (Å²) in [6.07, 6.45) is 13.4. The summed E-state index contributed by atoms with van der Waals surface area (Å²) in [7, 11) is 0. The van der Waals surface area contributed by atoms with Gasteiger partial charge in [0.1, 0.15) is 11.3 Å². The zero-order valence-corrected chi connectivity index (χ0v) is 14.2. The number of hydrogen-bond donors (Lipinski definition) is 0. The van der Waals surface area contributed by atoms with Gasteiger partial charge in [0, 0.05) is 12.0 Å². The molecule has 1 aromatic carbocycles. The van der Waals surface area contributed by atoms with Crippen molar-refractivity contribution < 1.29 is 8.81 Å². The second-order valence-electron chi connectivity index (χ2n) is 7.03. The van der Waals surface area contributed by atoms with Crippen LogP contribution in [0.3, 0.4) is 0 Å². The number of rotatable bonds is 10. The molecule has 1 fully saturated rings. The molecule has 0 amide bonds. The Balaban J connectivity index is 1.34. The van der Waals surface area contributed by atoms with Gasteiger partial charge in [0.2, 0.25) is 0 Å². The van der Waals surface area contributed by atoms with Gasteiger partial charge >= 0.3 is 0 Å². The van der Waals surface area contributed by atoms with Crippen LogP contribution in [0.1, 0.15) is 82.9 Å². The Morgan fingerprint density at radius 1 is 1.09 bits per heavy atom. The lowest BCUT2D eigenvalue weighted by molar-refractivity contribution is 0.504. The van der Waals surface area contributed by atoms with Crippen LogP contribution in [0, 0.1) is 11.7 Å². The highest BCUT2D eigenvalue weighted by Gasteiger charge is 2.41. The molecule has 0 aliphatic heterocycles. The summed E-state index contributed by atoms with van der Waals surface area (Å²) in [4.78, 5) is 4.47. The van der Waals surface area contributed by atoms with Crippen LogP contribution in [-0.2, 0) is 0 Å². The molecule has 1 heterocycles. The first kappa shape index (κ1) is 16.5. The Morgan fingerprint density at radius 3 is 2.61 bits per heavy atom. The molecule has 1 aliphatic rings. The minimum absolute atomic E-state index is 0.247. The Hall–Kier alpha value is -1.38. The fourth-order valence-electron chi connectivity index (χ4n) is 3.49. The summed E-state index contributed by atoms with van der Waals surface area (Å²) in [5.74, 6) is 1.77. The van der Waals surface area contributed by atoms with Gasteiger partial charge in [0.05, 0.1) is 0 Å². The van der Waals surface area contributed by atoms with Gasteiger partial charge in [-0.3, -0.25) is 0 Å². The van der Waals surface area contributed by atoms with E-state index in [0.29, 0.717) is 17.0 Å². The first-order valence-electron chi connectivity index (χ1n) is 9.34. The van der Waals surface area contributed by atoms with E-state index in [9.17, 15) is 4.39 Å². The van der Waals surface area contributed by atoms with Crippen molar-refractivity contribution in [3.8, 4) is 0 Å². The fourth-order valence-corrected chi connectivity index (χ4v) is 3.49. The maximum atomic E-state index is 13.2. The summed E-state index contributed by atoms with van der Waals surface area (Å²) in [5, 5.41) is 0. The molecule has 0 radical (unpaired) electrons. The SMILES string of the molecule is CCCCCCCCCC[C@H]1C[C@@H]1c1nc2cc(F)ccc2o1. The van der Waals surface area contributed by atoms with E-state index in [2.05, 4.69) is 11.9 Å². The molecule has 1 aliphatic carbocycles. The molecule has 3 heteroatoms. The monoisotopic (exact) mass is 317 g/mol. The maximum Gasteiger partial charge on any atom is 0.198 e. The van der Waals surface area contributed by atoms with E-state index >= 15 is 0 Å². The van der Waals surface area contributed by atoms with E-state index in [1.54, 1.807) is 6.07 Å². The van der Waals surface area contributed by atoms with Gasteiger partial charge in [0.25, 0.3) is 0 Å². The lowest BCUT2D eigenvalue weighted by atomic mass is 10.1. The van der Waals surface area contributed by atoms with Crippen LogP contribution in [0.25, 0.3) is 11.1 Å². The molecule has 0 spiro atoms. The molecule has 23 heavy (non-hydrogen) atoms. The predicted molar refractivity (Wildman–Crippen MR) is 92.0 cm³/mol. The molecule has 0 saturated heterocycles. The Morgan fingerprint density at radius 2 is 1.83 bits per heavy atom. The van der Waals surface area contributed by atoms with E-state index < -0.39 is 0 Å². The highest BCUT2D eigenvalue weighted by Crippen LogP contribution is 2.50. The van der Waals surface area contributed by atoms with E-state index in [4.69, 9.17) is 4.42 Å². The van der Waals surface area contributed by atoms with Crippen LogP contribution < -0.4 is 0 Å². The highest BCUT2D eigenvalue weighted by molar-refractivity contribution is 5.72. The number of unbranched alkanes of at least 4 members (excludes halogenated alkanes) is 7. The second-order valence-corrected chi connectivity index (χ2v) is 7.03. The van der Waals surface area contributed by atoms with Crippen molar-refractivity contribution in [2.75, 3.05) is 0 Å². The van der Waals surface area contributed by atoms with Gasteiger partial charge in [-0.25, -0.2) is 9.37 Å². The summed E-state index contributed by atoms with van der Waals surface area (Å²) >= 11 is 0. The van der Waals surface area contributed by atoms with Crippen LogP contribution in [0.2, 0.25) is 0 Å². The third-order valence-corrected chi connectivity index (χ3v) is 5.03. The standard InChI is InChI=1S/C20H28FNO/c1-2-3-4-5-6-7-8-9-10-15-13-17(15)20-22-18-14-16(21)11-12-19(18)23-20/h11-12,14-15,17H,2-10,13H2,1H3/t15-,17-/m0/s1. The van der Waals surface area contributed by atoms with Crippen LogP contribution in [0.5, 0.6) is 0 Å². The predicted octanol–water partition coefficient (Wildman–Crippen LogP) is 6.60. The molecule has 126 valence electrons. The lowest BCUT2D eigenvalue weighted by Gasteiger charge is -2.01. The van der Waals surface area contributed by atoms with Crippen molar-refractivity contribution in [1.82, 2.24) is 4.98 Å². The number of hydrogen-bond acceptors (Lipinski definition) is 2. The van der Waals surface area contributed by atoms with Crippen molar-refractivity contribution in [3.63, 3.8) is 0 Å². The summed E-state index contributed by atoms with van der Waals surface area (Å²) < 4.78 is 19.0. The zero-order chi connectivity index (χ0) is 16.1. The molecule has 1 saturated carbocycles. The smallest absolute Gasteiger partial charge is 0.198 e. The minimum Gasteiger partial charge on any atom is -0.440 e. The zero-order valence-electron chi connectivity index (χ0n) is 14.2. The fraction of sp³-hybridized carbons (Fsp3) is 0.650. The molecule has 0 unspecified atom stereocenters. The van der Waals surface area contributed by atoms with E-state index in [1.807, 2.05) is 0 Å². The maximum absolute atomic E-state index is 13.2. The quantitative estimate of drug-likeness (QED) is 0.461. The Kier molecular flexibility index (Phi) is 5.69. The van der Waals surface area contributed by atoms with Crippen molar-refractivity contribution in [2.24, 2.45) is 5.92 Å². The van der Waals surface area contributed by atoms with Crippen molar-refractivity contribution in [1.29, 1.82) is 0 Å². The average molecular weight is 317 g/mol. The number of oxazole rings is 1. The molecule has 0 bridgehead atoms. The van der Waals surface area contributed by atoms with E-state index in [0.717, 1.165) is 11.8 Å². The molecule has 2 atom stereocenters. The third kappa shape index (κ3) is 4.55. The van der Waals surface area contributed by atoms with Gasteiger partial charge in [-0.1, -0.05) is 58.3 Å². The number of halogens is 1. The molecule has 1 aromatic heterocycles. The Labute approximate surface area is 138 Å². The minimum atomic E-state index is -0.247. The summed E-state index contributed by atoms with van der Waals surface area (Å²) in [6, 6.07) is 4.57. The first-order chi connectivity index (χ1) is 11.3. The lowest BCUT2D eigenvalue weighted by Crippen LogP contribution is -1.86. The molecular weight excluding hydrogens is 289 g/mol. The number of aromatic nitrogens is 1. The highest BCUT2D eigenvalue weighted by atomic mass is 19.1. The molecule has 0 N–H and O–H groups in total. The van der Waals surface area contributed by atoms with Crippen LogP contribution >= 0.6 is 0 Å².